The zero-order chi connectivity index (χ0) is 16.0. The van der Waals surface area contributed by atoms with E-state index in [0.29, 0.717) is 5.76 Å². The van der Waals surface area contributed by atoms with E-state index in [1.165, 1.54) is 6.26 Å². The van der Waals surface area contributed by atoms with E-state index in [9.17, 15) is 18.0 Å². The van der Waals surface area contributed by atoms with Crippen molar-refractivity contribution >= 4 is 17.7 Å². The van der Waals surface area contributed by atoms with E-state index in [1.807, 2.05) is 0 Å². The summed E-state index contributed by atoms with van der Waals surface area (Å²) in [4.78, 5) is 18.7. The lowest BCUT2D eigenvalue weighted by Gasteiger charge is -2.06. The summed E-state index contributed by atoms with van der Waals surface area (Å²) in [5.41, 5.74) is -0.993. The van der Waals surface area contributed by atoms with E-state index in [-0.39, 0.29) is 29.8 Å². The standard InChI is InChI=1S/C13H12F3N3O2S/c14-13(15,16)10-3-5-17-12(19-10)22-7-4-11(20)18-8-9-2-1-6-21-9/h1-3,5-6H,4,7-8H2,(H,18,20). The molecule has 0 aliphatic carbocycles. The van der Waals surface area contributed by atoms with Gasteiger partial charge in [0.1, 0.15) is 11.5 Å². The van der Waals surface area contributed by atoms with E-state index in [1.54, 1.807) is 12.1 Å². The number of thioether (sulfide) groups is 1. The van der Waals surface area contributed by atoms with Crippen molar-refractivity contribution in [3.63, 3.8) is 0 Å². The average molecular weight is 331 g/mol. The molecule has 0 fully saturated rings. The minimum atomic E-state index is -4.50. The number of aromatic nitrogens is 2. The fourth-order valence-electron chi connectivity index (χ4n) is 1.49. The van der Waals surface area contributed by atoms with E-state index in [2.05, 4.69) is 15.3 Å². The Morgan fingerprint density at radius 1 is 1.36 bits per heavy atom. The smallest absolute Gasteiger partial charge is 0.433 e. The molecule has 2 aromatic heterocycles. The van der Waals surface area contributed by atoms with Gasteiger partial charge in [0.05, 0.1) is 12.8 Å². The third-order valence-electron chi connectivity index (χ3n) is 2.52. The van der Waals surface area contributed by atoms with Crippen LogP contribution in [0.4, 0.5) is 13.2 Å². The number of hydrogen-bond acceptors (Lipinski definition) is 5. The Labute approximate surface area is 128 Å². The van der Waals surface area contributed by atoms with Gasteiger partial charge >= 0.3 is 6.18 Å². The van der Waals surface area contributed by atoms with Gasteiger partial charge in [-0.15, -0.1) is 0 Å². The van der Waals surface area contributed by atoms with Crippen LogP contribution in [0.2, 0.25) is 0 Å². The van der Waals surface area contributed by atoms with Crippen molar-refractivity contribution in [2.75, 3.05) is 5.75 Å². The number of rotatable bonds is 6. The van der Waals surface area contributed by atoms with Crippen LogP contribution < -0.4 is 5.32 Å². The molecule has 0 unspecified atom stereocenters. The van der Waals surface area contributed by atoms with Gasteiger partial charge in [-0.2, -0.15) is 13.2 Å². The number of halogens is 3. The summed E-state index contributed by atoms with van der Waals surface area (Å²) in [6.45, 7) is 0.274. The predicted octanol–water partition coefficient (Wildman–Crippen LogP) is 2.89. The van der Waals surface area contributed by atoms with Crippen molar-refractivity contribution < 1.29 is 22.4 Å². The quantitative estimate of drug-likeness (QED) is 0.651. The van der Waals surface area contributed by atoms with Crippen molar-refractivity contribution in [2.45, 2.75) is 24.3 Å². The maximum atomic E-state index is 12.5. The zero-order valence-corrected chi connectivity index (χ0v) is 12.1. The normalized spacial score (nSPS) is 11.4. The number of carbonyl (C=O) groups is 1. The van der Waals surface area contributed by atoms with Crippen LogP contribution in [0.3, 0.4) is 0 Å². The van der Waals surface area contributed by atoms with Gasteiger partial charge in [-0.05, 0) is 18.2 Å². The fraction of sp³-hybridized carbons (Fsp3) is 0.308. The molecule has 0 atom stereocenters. The van der Waals surface area contributed by atoms with Crippen LogP contribution in [-0.2, 0) is 17.5 Å². The Kier molecular flexibility index (Phi) is 5.42. The minimum Gasteiger partial charge on any atom is -0.467 e. The molecule has 22 heavy (non-hydrogen) atoms. The highest BCUT2D eigenvalue weighted by Crippen LogP contribution is 2.28. The molecule has 1 amide bonds. The molecule has 0 bridgehead atoms. The molecular formula is C13H12F3N3O2S. The first-order valence-corrected chi connectivity index (χ1v) is 7.26. The van der Waals surface area contributed by atoms with Crippen LogP contribution in [0.5, 0.6) is 0 Å². The number of carbonyl (C=O) groups excluding carboxylic acids is 1. The molecule has 2 aromatic rings. The Bertz CT molecular complexity index is 617. The molecule has 0 aliphatic rings. The molecule has 1 N–H and O–H groups in total. The highest BCUT2D eigenvalue weighted by atomic mass is 32.2. The SMILES string of the molecule is O=C(CCSc1nccc(C(F)(F)F)n1)NCc1ccco1. The van der Waals surface area contributed by atoms with E-state index in [0.717, 1.165) is 24.0 Å². The number of furan rings is 1. The molecule has 5 nitrogen and oxygen atoms in total. The molecule has 0 aromatic carbocycles. The van der Waals surface area contributed by atoms with Gasteiger partial charge in [-0.3, -0.25) is 4.79 Å². The maximum Gasteiger partial charge on any atom is 0.433 e. The highest BCUT2D eigenvalue weighted by molar-refractivity contribution is 7.99. The van der Waals surface area contributed by atoms with E-state index >= 15 is 0 Å². The lowest BCUT2D eigenvalue weighted by atomic mass is 10.4. The van der Waals surface area contributed by atoms with Gasteiger partial charge < -0.3 is 9.73 Å². The maximum absolute atomic E-state index is 12.5. The van der Waals surface area contributed by atoms with Gasteiger partial charge in [0.25, 0.3) is 0 Å². The molecule has 0 spiro atoms. The van der Waals surface area contributed by atoms with E-state index in [4.69, 9.17) is 4.42 Å². The highest BCUT2D eigenvalue weighted by Gasteiger charge is 2.32. The van der Waals surface area contributed by atoms with Gasteiger partial charge in [-0.1, -0.05) is 11.8 Å². The Hall–Kier alpha value is -2.03. The number of alkyl halides is 3. The number of nitrogens with zero attached hydrogens (tertiary/aromatic N) is 2. The Balaban J connectivity index is 1.75. The third-order valence-corrected chi connectivity index (χ3v) is 3.39. The molecule has 0 radical (unpaired) electrons. The van der Waals surface area contributed by atoms with Crippen LogP contribution in [-0.4, -0.2) is 21.6 Å². The molecule has 0 saturated carbocycles. The largest absolute Gasteiger partial charge is 0.467 e. The van der Waals surface area contributed by atoms with Crippen molar-refractivity contribution in [1.29, 1.82) is 0 Å². The van der Waals surface area contributed by atoms with Crippen LogP contribution >= 0.6 is 11.8 Å². The van der Waals surface area contributed by atoms with Gasteiger partial charge in [0.15, 0.2) is 5.16 Å². The topological polar surface area (TPSA) is 68.0 Å². The van der Waals surface area contributed by atoms with Gasteiger partial charge in [0, 0.05) is 18.4 Å². The minimum absolute atomic E-state index is 0.00587. The Morgan fingerprint density at radius 2 is 2.18 bits per heavy atom. The van der Waals surface area contributed by atoms with Crippen LogP contribution in [0.1, 0.15) is 17.9 Å². The summed E-state index contributed by atoms with van der Waals surface area (Å²) < 4.78 is 42.5. The first-order chi connectivity index (χ1) is 10.4. The van der Waals surface area contributed by atoms with E-state index < -0.39 is 11.9 Å². The van der Waals surface area contributed by atoms with Crippen molar-refractivity contribution in [1.82, 2.24) is 15.3 Å². The summed E-state index contributed by atoms with van der Waals surface area (Å²) in [5, 5.41) is 2.63. The first kappa shape index (κ1) is 16.3. The molecule has 0 saturated heterocycles. The molecule has 0 aliphatic heterocycles. The van der Waals surface area contributed by atoms with Crippen molar-refractivity contribution in [3.8, 4) is 0 Å². The van der Waals surface area contributed by atoms with Gasteiger partial charge in [0.2, 0.25) is 5.91 Å². The summed E-state index contributed by atoms with van der Waals surface area (Å²) in [5.74, 6) is 0.684. The summed E-state index contributed by atoms with van der Waals surface area (Å²) >= 11 is 0.996. The number of nitrogens with one attached hydrogen (secondary N) is 1. The van der Waals surface area contributed by atoms with Gasteiger partial charge in [-0.25, -0.2) is 9.97 Å². The van der Waals surface area contributed by atoms with Crippen LogP contribution in [0.25, 0.3) is 0 Å². The summed E-state index contributed by atoms with van der Waals surface area (Å²) in [6, 6.07) is 4.24. The molecule has 118 valence electrons. The molecule has 9 heteroatoms. The lowest BCUT2D eigenvalue weighted by Crippen LogP contribution is -2.22. The Morgan fingerprint density at radius 3 is 2.86 bits per heavy atom. The average Bonchev–Trinajstić information content (AvgIpc) is 2.98. The molecular weight excluding hydrogens is 319 g/mol. The summed E-state index contributed by atoms with van der Waals surface area (Å²) in [6.07, 6.45) is -1.80. The predicted molar refractivity (Wildman–Crippen MR) is 72.9 cm³/mol. The monoisotopic (exact) mass is 331 g/mol. The molecule has 2 heterocycles. The van der Waals surface area contributed by atoms with Crippen LogP contribution in [0, 0.1) is 0 Å². The third kappa shape index (κ3) is 5.06. The zero-order valence-electron chi connectivity index (χ0n) is 11.3. The first-order valence-electron chi connectivity index (χ1n) is 6.27. The number of amides is 1. The second-order valence-corrected chi connectivity index (χ2v) is 5.24. The summed E-state index contributed by atoms with van der Waals surface area (Å²) in [7, 11) is 0. The second-order valence-electron chi connectivity index (χ2n) is 4.18. The van der Waals surface area contributed by atoms with Crippen molar-refractivity contribution in [3.05, 3.63) is 42.1 Å². The van der Waals surface area contributed by atoms with Crippen LogP contribution in [0.15, 0.2) is 40.2 Å². The molecule has 2 rings (SSSR count). The lowest BCUT2D eigenvalue weighted by molar-refractivity contribution is -0.141. The van der Waals surface area contributed by atoms with Crippen molar-refractivity contribution in [2.24, 2.45) is 0 Å². The second kappa shape index (κ2) is 7.30. The fourth-order valence-corrected chi connectivity index (χ4v) is 2.26. The number of hydrogen-bond donors (Lipinski definition) is 1.